The molecule has 1 aromatic heterocycles. The molecule has 1 aliphatic heterocycles. The molecule has 0 amide bonds. The molecule has 120 valence electrons. The van der Waals surface area contributed by atoms with Gasteiger partial charge in [-0.1, -0.05) is 23.5 Å². The van der Waals surface area contributed by atoms with Gasteiger partial charge in [0.05, 0.1) is 10.2 Å². The molecule has 6 nitrogen and oxygen atoms in total. The van der Waals surface area contributed by atoms with Gasteiger partial charge in [-0.2, -0.15) is 8.42 Å². The molecule has 1 fully saturated rings. The fourth-order valence-electron chi connectivity index (χ4n) is 2.85. The maximum Gasteiger partial charge on any atom is 0.274 e. The lowest BCUT2D eigenvalue weighted by atomic mass is 9.99. The third-order valence-electron chi connectivity index (χ3n) is 3.97. The molecule has 0 bridgehead atoms. The summed E-state index contributed by atoms with van der Waals surface area (Å²) < 4.78 is 25.6. The summed E-state index contributed by atoms with van der Waals surface area (Å²) in [5.41, 5.74) is 2.25. The Kier molecular flexibility index (Phi) is 4.35. The number of anilines is 1. The molecule has 1 aliphatic rings. The van der Waals surface area contributed by atoms with E-state index in [1.165, 1.54) is 10.3 Å². The first-order valence-electron chi connectivity index (χ1n) is 7.31. The SMILES string of the molecule is Cc1cccc2sc(N3CCC[C@H](CNS(N)(=O)=O)C3)nc12. The summed E-state index contributed by atoms with van der Waals surface area (Å²) in [4.78, 5) is 7.01. The van der Waals surface area contributed by atoms with Crippen LogP contribution in [0.3, 0.4) is 0 Å². The van der Waals surface area contributed by atoms with E-state index < -0.39 is 10.2 Å². The fraction of sp³-hybridized carbons (Fsp3) is 0.500. The number of para-hydroxylation sites is 1. The van der Waals surface area contributed by atoms with Crippen molar-refractivity contribution in [3.63, 3.8) is 0 Å². The summed E-state index contributed by atoms with van der Waals surface area (Å²) >= 11 is 1.70. The molecule has 3 rings (SSSR count). The second-order valence-corrected chi connectivity index (χ2v) is 8.15. The van der Waals surface area contributed by atoms with E-state index in [2.05, 4.69) is 34.7 Å². The maximum absolute atomic E-state index is 11.0. The van der Waals surface area contributed by atoms with Crippen molar-refractivity contribution in [3.8, 4) is 0 Å². The van der Waals surface area contributed by atoms with Gasteiger partial charge < -0.3 is 4.90 Å². The van der Waals surface area contributed by atoms with Crippen LogP contribution in [0.2, 0.25) is 0 Å². The van der Waals surface area contributed by atoms with E-state index in [4.69, 9.17) is 10.1 Å². The van der Waals surface area contributed by atoms with Crippen LogP contribution in [0.5, 0.6) is 0 Å². The molecule has 3 N–H and O–H groups in total. The van der Waals surface area contributed by atoms with Gasteiger partial charge in [-0.25, -0.2) is 14.8 Å². The Morgan fingerprint density at radius 2 is 2.32 bits per heavy atom. The van der Waals surface area contributed by atoms with Gasteiger partial charge in [0, 0.05) is 19.6 Å². The molecule has 1 aromatic carbocycles. The lowest BCUT2D eigenvalue weighted by Crippen LogP contribution is -2.42. The van der Waals surface area contributed by atoms with Crippen molar-refractivity contribution < 1.29 is 8.42 Å². The minimum Gasteiger partial charge on any atom is -0.348 e. The molecule has 1 saturated heterocycles. The molecular weight excluding hydrogens is 320 g/mol. The fourth-order valence-corrected chi connectivity index (χ4v) is 4.40. The average Bonchev–Trinajstić information content (AvgIpc) is 2.90. The van der Waals surface area contributed by atoms with Crippen LogP contribution < -0.4 is 14.8 Å². The largest absolute Gasteiger partial charge is 0.348 e. The van der Waals surface area contributed by atoms with Crippen molar-refractivity contribution >= 4 is 36.9 Å². The number of aryl methyl sites for hydroxylation is 1. The molecule has 2 aromatic rings. The van der Waals surface area contributed by atoms with Gasteiger partial charge in [0.25, 0.3) is 10.2 Å². The summed E-state index contributed by atoms with van der Waals surface area (Å²) in [6.07, 6.45) is 2.04. The number of nitrogens with two attached hydrogens (primary N) is 1. The highest BCUT2D eigenvalue weighted by molar-refractivity contribution is 7.87. The summed E-state index contributed by atoms with van der Waals surface area (Å²) in [7, 11) is -3.61. The molecular formula is C14H20N4O2S2. The quantitative estimate of drug-likeness (QED) is 0.885. The smallest absolute Gasteiger partial charge is 0.274 e. The maximum atomic E-state index is 11.0. The monoisotopic (exact) mass is 340 g/mol. The zero-order chi connectivity index (χ0) is 15.7. The number of thiazole rings is 1. The molecule has 0 saturated carbocycles. The highest BCUT2D eigenvalue weighted by Crippen LogP contribution is 2.32. The Hall–Kier alpha value is -1.22. The first-order valence-corrected chi connectivity index (χ1v) is 9.67. The number of benzene rings is 1. The van der Waals surface area contributed by atoms with Crippen LogP contribution in [0.4, 0.5) is 5.13 Å². The summed E-state index contributed by atoms with van der Waals surface area (Å²) in [6, 6.07) is 6.21. The van der Waals surface area contributed by atoms with E-state index in [1.807, 2.05) is 0 Å². The lowest BCUT2D eigenvalue weighted by molar-refractivity contribution is 0.411. The molecule has 22 heavy (non-hydrogen) atoms. The van der Waals surface area contributed by atoms with Crippen molar-refractivity contribution in [1.29, 1.82) is 0 Å². The molecule has 1 atom stereocenters. The van der Waals surface area contributed by atoms with Crippen LogP contribution >= 0.6 is 11.3 Å². The van der Waals surface area contributed by atoms with Gasteiger partial charge in [-0.15, -0.1) is 0 Å². The van der Waals surface area contributed by atoms with Crippen LogP contribution in [0, 0.1) is 12.8 Å². The molecule has 0 unspecified atom stereocenters. The number of fused-ring (bicyclic) bond motifs is 1. The summed E-state index contributed by atoms with van der Waals surface area (Å²) in [5, 5.41) is 6.02. The highest BCUT2D eigenvalue weighted by atomic mass is 32.2. The van der Waals surface area contributed by atoms with Crippen molar-refractivity contribution in [3.05, 3.63) is 23.8 Å². The van der Waals surface area contributed by atoms with Crippen LogP contribution in [0.15, 0.2) is 18.2 Å². The summed E-state index contributed by atoms with van der Waals surface area (Å²) in [5.74, 6) is 0.264. The Balaban J connectivity index is 1.74. The Morgan fingerprint density at radius 3 is 3.05 bits per heavy atom. The van der Waals surface area contributed by atoms with E-state index in [0.717, 1.165) is 36.6 Å². The van der Waals surface area contributed by atoms with E-state index in [9.17, 15) is 8.42 Å². The summed E-state index contributed by atoms with van der Waals surface area (Å²) in [6.45, 7) is 4.23. The molecule has 0 radical (unpaired) electrons. The van der Waals surface area contributed by atoms with Gasteiger partial charge >= 0.3 is 0 Å². The van der Waals surface area contributed by atoms with Crippen molar-refractivity contribution in [2.24, 2.45) is 11.1 Å². The van der Waals surface area contributed by atoms with Crippen LogP contribution in [0.25, 0.3) is 10.2 Å². The number of hydrogen-bond donors (Lipinski definition) is 2. The Morgan fingerprint density at radius 1 is 1.50 bits per heavy atom. The lowest BCUT2D eigenvalue weighted by Gasteiger charge is -2.32. The van der Waals surface area contributed by atoms with E-state index in [-0.39, 0.29) is 5.92 Å². The van der Waals surface area contributed by atoms with E-state index >= 15 is 0 Å². The number of nitrogens with one attached hydrogen (secondary N) is 1. The zero-order valence-electron chi connectivity index (χ0n) is 12.4. The highest BCUT2D eigenvalue weighted by Gasteiger charge is 2.23. The third kappa shape index (κ3) is 3.57. The second kappa shape index (κ2) is 6.11. The standard InChI is InChI=1S/C14H20N4O2S2/c1-10-4-2-6-12-13(10)17-14(21-12)18-7-3-5-11(9-18)8-16-22(15,19)20/h2,4,6,11,16H,3,5,7-9H2,1H3,(H2,15,19,20)/t11-/m1/s1. The molecule has 0 spiro atoms. The third-order valence-corrected chi connectivity index (χ3v) is 5.62. The van der Waals surface area contributed by atoms with E-state index in [0.29, 0.717) is 6.54 Å². The van der Waals surface area contributed by atoms with Gasteiger partial charge in [0.15, 0.2) is 5.13 Å². The van der Waals surface area contributed by atoms with Crippen molar-refractivity contribution in [2.75, 3.05) is 24.5 Å². The normalized spacial score (nSPS) is 19.7. The van der Waals surface area contributed by atoms with Gasteiger partial charge in [0.1, 0.15) is 0 Å². The predicted octanol–water partition coefficient (Wildman–Crippen LogP) is 1.61. The first-order chi connectivity index (χ1) is 10.4. The van der Waals surface area contributed by atoms with Gasteiger partial charge in [-0.05, 0) is 37.3 Å². The van der Waals surface area contributed by atoms with Gasteiger partial charge in [-0.3, -0.25) is 0 Å². The minimum absolute atomic E-state index is 0.264. The van der Waals surface area contributed by atoms with Crippen molar-refractivity contribution in [1.82, 2.24) is 9.71 Å². The average molecular weight is 340 g/mol. The number of rotatable bonds is 4. The zero-order valence-corrected chi connectivity index (χ0v) is 14.1. The topological polar surface area (TPSA) is 88.3 Å². The van der Waals surface area contributed by atoms with Crippen LogP contribution in [0.1, 0.15) is 18.4 Å². The van der Waals surface area contributed by atoms with E-state index in [1.54, 1.807) is 11.3 Å². The minimum atomic E-state index is -3.61. The van der Waals surface area contributed by atoms with Crippen LogP contribution in [-0.2, 0) is 10.2 Å². The molecule has 2 heterocycles. The molecule has 0 aliphatic carbocycles. The number of piperidine rings is 1. The number of hydrogen-bond acceptors (Lipinski definition) is 5. The van der Waals surface area contributed by atoms with Crippen molar-refractivity contribution in [2.45, 2.75) is 19.8 Å². The molecule has 8 heteroatoms. The number of nitrogens with zero attached hydrogens (tertiary/aromatic N) is 2. The number of aromatic nitrogens is 1. The Bertz CT molecular complexity index is 772. The van der Waals surface area contributed by atoms with Gasteiger partial charge in [0.2, 0.25) is 0 Å². The predicted molar refractivity (Wildman–Crippen MR) is 90.4 cm³/mol. The first kappa shape index (κ1) is 15.7. The van der Waals surface area contributed by atoms with Crippen LogP contribution in [-0.4, -0.2) is 33.0 Å². The second-order valence-electron chi connectivity index (χ2n) is 5.77. The Labute approximate surface area is 134 Å².